The van der Waals surface area contributed by atoms with Gasteiger partial charge in [0.15, 0.2) is 0 Å². The summed E-state index contributed by atoms with van der Waals surface area (Å²) in [6.45, 7) is 1.61. The molecule has 108 valence electrons. The molecule has 0 fully saturated rings. The molecule has 1 aromatic carbocycles. The van der Waals surface area contributed by atoms with Crippen molar-refractivity contribution in [1.29, 1.82) is 0 Å². The number of carbonyl (C=O) groups excluding carboxylic acids is 2. The van der Waals surface area contributed by atoms with Crippen LogP contribution in [0.4, 0.5) is 4.79 Å². The van der Waals surface area contributed by atoms with Gasteiger partial charge in [0, 0.05) is 12.8 Å². The minimum Gasteiger partial charge on any atom is -0.443 e. The van der Waals surface area contributed by atoms with E-state index in [9.17, 15) is 9.59 Å². The van der Waals surface area contributed by atoms with Crippen LogP contribution in [0.1, 0.15) is 18.9 Å². The van der Waals surface area contributed by atoms with Crippen LogP contribution >= 0.6 is 23.2 Å². The highest BCUT2D eigenvalue weighted by Crippen LogP contribution is 2.22. The summed E-state index contributed by atoms with van der Waals surface area (Å²) in [4.78, 5) is 26.2. The maximum Gasteiger partial charge on any atom is 0.433 e. The lowest BCUT2D eigenvalue weighted by atomic mass is 10.2. The van der Waals surface area contributed by atoms with Gasteiger partial charge in [-0.1, -0.05) is 29.3 Å². The maximum absolute atomic E-state index is 11.4. The number of benzene rings is 1. The van der Waals surface area contributed by atoms with E-state index in [2.05, 4.69) is 10.3 Å². The van der Waals surface area contributed by atoms with E-state index < -0.39 is 6.09 Å². The molecule has 1 rings (SSSR count). The lowest BCUT2D eigenvalue weighted by Gasteiger charge is -2.04. The van der Waals surface area contributed by atoms with Gasteiger partial charge in [-0.2, -0.15) is 4.99 Å². The number of nitrogens with one attached hydrogen (secondary N) is 1. The molecule has 0 atom stereocenters. The molecule has 0 aliphatic carbocycles. The summed E-state index contributed by atoms with van der Waals surface area (Å²) in [6.07, 6.45) is -0.698. The molecule has 0 saturated carbocycles. The quantitative estimate of drug-likeness (QED) is 0.867. The van der Waals surface area contributed by atoms with Crippen LogP contribution in [0, 0.1) is 0 Å². The average molecular weight is 317 g/mol. The Morgan fingerprint density at radius 1 is 1.30 bits per heavy atom. The Morgan fingerprint density at radius 3 is 2.60 bits per heavy atom. The minimum absolute atomic E-state index is 0.0342. The highest BCUT2D eigenvalue weighted by atomic mass is 35.5. The molecule has 0 unspecified atom stereocenters. The van der Waals surface area contributed by atoms with Crippen molar-refractivity contribution in [3.63, 3.8) is 0 Å². The van der Waals surface area contributed by atoms with Gasteiger partial charge in [0.2, 0.25) is 5.91 Å². The Balaban J connectivity index is 2.52. The SMILES string of the molecule is CNC(=O)CC(C)=NC(=O)OCc1ccc(Cl)c(Cl)c1. The van der Waals surface area contributed by atoms with Crippen LogP contribution in [0.3, 0.4) is 0 Å². The van der Waals surface area contributed by atoms with Crippen molar-refractivity contribution < 1.29 is 14.3 Å². The van der Waals surface area contributed by atoms with Crippen molar-refractivity contribution >= 4 is 40.9 Å². The fourth-order valence-corrected chi connectivity index (χ4v) is 1.64. The predicted molar refractivity (Wildman–Crippen MR) is 78.4 cm³/mol. The first kappa shape index (κ1) is 16.5. The highest BCUT2D eigenvalue weighted by molar-refractivity contribution is 6.42. The summed E-state index contributed by atoms with van der Waals surface area (Å²) >= 11 is 11.6. The number of carbonyl (C=O) groups is 2. The molecule has 1 N–H and O–H groups in total. The van der Waals surface area contributed by atoms with Gasteiger partial charge in [-0.3, -0.25) is 4.79 Å². The van der Waals surface area contributed by atoms with Crippen molar-refractivity contribution in [3.05, 3.63) is 33.8 Å². The maximum atomic E-state index is 11.4. The van der Waals surface area contributed by atoms with Gasteiger partial charge in [-0.25, -0.2) is 4.79 Å². The van der Waals surface area contributed by atoms with Crippen molar-refractivity contribution in [1.82, 2.24) is 5.32 Å². The second-order valence-corrected chi connectivity index (χ2v) is 4.81. The van der Waals surface area contributed by atoms with Gasteiger partial charge < -0.3 is 10.1 Å². The van der Waals surface area contributed by atoms with Gasteiger partial charge >= 0.3 is 6.09 Å². The van der Waals surface area contributed by atoms with Crippen molar-refractivity contribution in [2.45, 2.75) is 20.0 Å². The second kappa shape index (κ2) is 7.87. The van der Waals surface area contributed by atoms with Crippen LogP contribution in [0.5, 0.6) is 0 Å². The molecule has 5 nitrogen and oxygen atoms in total. The molecule has 2 amide bonds. The molecule has 0 radical (unpaired) electrons. The largest absolute Gasteiger partial charge is 0.443 e. The zero-order valence-electron chi connectivity index (χ0n) is 11.1. The van der Waals surface area contributed by atoms with Crippen molar-refractivity contribution in [2.75, 3.05) is 7.05 Å². The molecular weight excluding hydrogens is 303 g/mol. The highest BCUT2D eigenvalue weighted by Gasteiger charge is 2.06. The monoisotopic (exact) mass is 316 g/mol. The van der Waals surface area contributed by atoms with E-state index in [1.807, 2.05) is 0 Å². The molecule has 0 bridgehead atoms. The number of rotatable bonds is 4. The van der Waals surface area contributed by atoms with E-state index in [0.29, 0.717) is 21.3 Å². The summed E-state index contributed by atoms with van der Waals surface area (Å²) in [5, 5.41) is 3.26. The molecule has 1 aromatic rings. The number of halogens is 2. The van der Waals surface area contributed by atoms with Gasteiger partial charge in [-0.05, 0) is 24.6 Å². The third kappa shape index (κ3) is 5.59. The molecule has 0 spiro atoms. The molecular formula is C13H14Cl2N2O3. The number of aliphatic imine (C=N–C) groups is 1. The van der Waals surface area contributed by atoms with Gasteiger partial charge in [0.05, 0.1) is 16.5 Å². The standard InChI is InChI=1S/C13H14Cl2N2O3/c1-8(5-12(18)16-2)17-13(19)20-7-9-3-4-10(14)11(15)6-9/h3-4,6H,5,7H2,1-2H3,(H,16,18). The number of ether oxygens (including phenoxy) is 1. The molecule has 7 heteroatoms. The van der Waals surface area contributed by atoms with Crippen LogP contribution in [0.2, 0.25) is 10.0 Å². The van der Waals surface area contributed by atoms with Crippen LogP contribution in [0.25, 0.3) is 0 Å². The van der Waals surface area contributed by atoms with Crippen molar-refractivity contribution in [3.8, 4) is 0 Å². The van der Waals surface area contributed by atoms with E-state index in [-0.39, 0.29) is 18.9 Å². The third-order valence-electron chi connectivity index (χ3n) is 2.32. The molecule has 0 aliphatic rings. The Hall–Kier alpha value is -1.59. The van der Waals surface area contributed by atoms with E-state index in [4.69, 9.17) is 27.9 Å². The summed E-state index contributed by atoms with van der Waals surface area (Å²) < 4.78 is 4.95. The summed E-state index contributed by atoms with van der Waals surface area (Å²) in [5.41, 5.74) is 1.08. The second-order valence-electron chi connectivity index (χ2n) is 4.00. The first-order chi connectivity index (χ1) is 9.42. The van der Waals surface area contributed by atoms with E-state index >= 15 is 0 Å². The number of nitrogens with zero attached hydrogens (tertiary/aromatic N) is 1. The van der Waals surface area contributed by atoms with Crippen LogP contribution in [-0.4, -0.2) is 24.8 Å². The van der Waals surface area contributed by atoms with Gasteiger partial charge in [0.25, 0.3) is 0 Å². The van der Waals surface area contributed by atoms with E-state index in [1.165, 1.54) is 7.05 Å². The Morgan fingerprint density at radius 2 is 2.00 bits per heavy atom. The molecule has 0 aliphatic heterocycles. The van der Waals surface area contributed by atoms with Crippen molar-refractivity contribution in [2.24, 2.45) is 4.99 Å². The fraction of sp³-hybridized carbons (Fsp3) is 0.308. The molecule has 20 heavy (non-hydrogen) atoms. The Bertz CT molecular complexity index is 544. The van der Waals surface area contributed by atoms with E-state index in [1.54, 1.807) is 25.1 Å². The van der Waals surface area contributed by atoms with Crippen LogP contribution in [0.15, 0.2) is 23.2 Å². The molecule has 0 aromatic heterocycles. The predicted octanol–water partition coefficient (Wildman–Crippen LogP) is 3.23. The summed E-state index contributed by atoms with van der Waals surface area (Å²) in [5.74, 6) is -0.219. The smallest absolute Gasteiger partial charge is 0.433 e. The molecule has 0 heterocycles. The van der Waals surface area contributed by atoms with Crippen LogP contribution < -0.4 is 5.32 Å². The fourth-order valence-electron chi connectivity index (χ4n) is 1.32. The van der Waals surface area contributed by atoms with Crippen LogP contribution in [-0.2, 0) is 16.1 Å². The zero-order chi connectivity index (χ0) is 15.1. The number of amides is 2. The molecule has 0 saturated heterocycles. The van der Waals surface area contributed by atoms with E-state index in [0.717, 1.165) is 0 Å². The number of hydrogen-bond acceptors (Lipinski definition) is 3. The third-order valence-corrected chi connectivity index (χ3v) is 3.06. The summed E-state index contributed by atoms with van der Waals surface area (Å²) in [6, 6.07) is 4.92. The minimum atomic E-state index is -0.752. The normalized spacial score (nSPS) is 11.1. The Labute approximate surface area is 126 Å². The Kier molecular flexibility index (Phi) is 6.48. The van der Waals surface area contributed by atoms with Gasteiger partial charge in [-0.15, -0.1) is 0 Å². The first-order valence-corrected chi connectivity index (χ1v) is 6.53. The van der Waals surface area contributed by atoms with Gasteiger partial charge in [0.1, 0.15) is 6.61 Å². The summed E-state index contributed by atoms with van der Waals surface area (Å²) in [7, 11) is 1.51. The lowest BCUT2D eigenvalue weighted by Crippen LogP contribution is -2.20. The number of hydrogen-bond donors (Lipinski definition) is 1. The zero-order valence-corrected chi connectivity index (χ0v) is 12.6. The first-order valence-electron chi connectivity index (χ1n) is 5.77. The lowest BCUT2D eigenvalue weighted by molar-refractivity contribution is -0.119. The topological polar surface area (TPSA) is 67.8 Å². The average Bonchev–Trinajstić information content (AvgIpc) is 2.39.